The second kappa shape index (κ2) is 12.9. The minimum Gasteiger partial charge on any atom is -0.806 e. The smallest absolute Gasteiger partial charge is 0.343 e. The Morgan fingerprint density at radius 1 is 0.903 bits per heavy atom. The Labute approximate surface area is 183 Å². The summed E-state index contributed by atoms with van der Waals surface area (Å²) in [5.74, 6) is -0.00727. The Kier molecular flexibility index (Phi) is 10.2. The Morgan fingerprint density at radius 2 is 1.55 bits per heavy atom. The molecule has 0 radical (unpaired) electrons. The lowest BCUT2D eigenvalue weighted by molar-refractivity contribution is 0.0524. The summed E-state index contributed by atoms with van der Waals surface area (Å²) in [5.41, 5.74) is -0.719. The normalized spacial score (nSPS) is 10.9. The number of rotatable bonds is 14. The Balaban J connectivity index is 2.13. The average Bonchev–Trinajstić information content (AvgIpc) is 2.75. The van der Waals surface area contributed by atoms with Crippen LogP contribution in [0.1, 0.15) is 82.5 Å². The molecule has 31 heavy (non-hydrogen) atoms. The molecule has 7 nitrogen and oxygen atoms in total. The summed E-state index contributed by atoms with van der Waals surface area (Å²) in [7, 11) is 0. The first-order valence-electron chi connectivity index (χ1n) is 11.4. The van der Waals surface area contributed by atoms with Gasteiger partial charge < -0.3 is 24.1 Å². The summed E-state index contributed by atoms with van der Waals surface area (Å²) in [4.78, 5) is 24.8. The maximum absolute atomic E-state index is 12.8. The van der Waals surface area contributed by atoms with Crippen molar-refractivity contribution in [2.75, 3.05) is 19.8 Å². The lowest BCUT2D eigenvalue weighted by atomic mass is 10.1. The van der Waals surface area contributed by atoms with Crippen molar-refractivity contribution in [3.05, 3.63) is 39.3 Å². The first-order chi connectivity index (χ1) is 15.0. The van der Waals surface area contributed by atoms with Crippen LogP contribution in [0.5, 0.6) is 11.5 Å². The summed E-state index contributed by atoms with van der Waals surface area (Å²) in [6, 6.07) is 2.98. The fourth-order valence-electron chi connectivity index (χ4n) is 3.46. The molecule has 0 fully saturated rings. The van der Waals surface area contributed by atoms with E-state index in [1.807, 2.05) is 6.92 Å². The molecule has 7 heteroatoms. The number of nitrogens with zero attached hydrogens (tertiary/aromatic N) is 1. The zero-order valence-corrected chi connectivity index (χ0v) is 18.9. The molecule has 2 aromatic rings. The largest absolute Gasteiger partial charge is 0.806 e. The van der Waals surface area contributed by atoms with E-state index in [0.29, 0.717) is 29.4 Å². The highest BCUT2D eigenvalue weighted by Crippen LogP contribution is 2.32. The van der Waals surface area contributed by atoms with Gasteiger partial charge in [-0.25, -0.2) is 4.79 Å². The number of esters is 1. The third-order valence-corrected chi connectivity index (χ3v) is 5.09. The van der Waals surface area contributed by atoms with Gasteiger partial charge in [-0.15, -0.1) is 0 Å². The van der Waals surface area contributed by atoms with Gasteiger partial charge in [-0.05, 0) is 26.3 Å². The number of aromatic nitrogens is 1. The van der Waals surface area contributed by atoms with Crippen LogP contribution >= 0.6 is 0 Å². The Morgan fingerprint density at radius 3 is 2.19 bits per heavy atom. The van der Waals surface area contributed by atoms with Crippen LogP contribution in [-0.4, -0.2) is 30.5 Å². The first-order valence-corrected chi connectivity index (χ1v) is 11.4. The molecule has 0 saturated heterocycles. The third-order valence-electron chi connectivity index (χ3n) is 5.09. The lowest BCUT2D eigenvalue weighted by Gasteiger charge is -2.19. The maximum Gasteiger partial charge on any atom is 0.343 e. The van der Waals surface area contributed by atoms with Crippen LogP contribution < -0.4 is 14.9 Å². The molecule has 0 atom stereocenters. The van der Waals surface area contributed by atoms with Gasteiger partial charge >= 0.3 is 5.97 Å². The minimum atomic E-state index is -0.811. The second-order valence-corrected chi connectivity index (χ2v) is 7.49. The van der Waals surface area contributed by atoms with Crippen molar-refractivity contribution in [3.8, 4) is 11.5 Å². The molecule has 1 aromatic heterocycles. The molecule has 0 bridgehead atoms. The lowest BCUT2D eigenvalue weighted by Crippen LogP contribution is -2.20. The number of carbonyl (C=O) groups excluding carboxylic acids is 1. The standard InChI is InChI=1S/C24H34NO6/c1-4-7-8-9-10-11-12-13-14-31-21-15-18-20(16-22(21)29-5-2)25(28)17-19(23(18)26)24(27)30-6-3/h15-17H,4-14H2,1-3H3/q-1. The molecule has 0 saturated carbocycles. The van der Waals surface area contributed by atoms with Crippen LogP contribution in [0.4, 0.5) is 0 Å². The van der Waals surface area contributed by atoms with Crippen molar-refractivity contribution in [3.63, 3.8) is 0 Å². The van der Waals surface area contributed by atoms with E-state index in [0.717, 1.165) is 19.0 Å². The molecular formula is C24H34NO6-. The fourth-order valence-corrected chi connectivity index (χ4v) is 3.46. The van der Waals surface area contributed by atoms with Gasteiger partial charge in [0.1, 0.15) is 5.56 Å². The SMILES string of the molecule is CCCCCCCCCCOc1cc2c(=O)c(C(=O)OCC)cn([O-])c2cc1OCC. The molecule has 2 rings (SSSR count). The number of hydrogen-bond donors (Lipinski definition) is 0. The number of fused-ring (bicyclic) bond motifs is 1. The van der Waals surface area contributed by atoms with Gasteiger partial charge in [0, 0.05) is 12.3 Å². The number of unbranched alkanes of at least 4 members (excludes halogenated alkanes) is 7. The highest BCUT2D eigenvalue weighted by Gasteiger charge is 2.17. The topological polar surface area (TPSA) is 89.8 Å². The van der Waals surface area contributed by atoms with Gasteiger partial charge in [0.15, 0.2) is 11.5 Å². The first kappa shape index (κ1) is 24.6. The van der Waals surface area contributed by atoms with Crippen LogP contribution in [0, 0.1) is 5.21 Å². The molecule has 0 aliphatic heterocycles. The number of ether oxygens (including phenoxy) is 3. The summed E-state index contributed by atoms with van der Waals surface area (Å²) in [6.45, 7) is 6.68. The van der Waals surface area contributed by atoms with Crippen LogP contribution in [0.2, 0.25) is 0 Å². The van der Waals surface area contributed by atoms with E-state index < -0.39 is 11.4 Å². The summed E-state index contributed by atoms with van der Waals surface area (Å²) in [6.07, 6.45) is 10.5. The molecule has 172 valence electrons. The number of hydrogen-bond acceptors (Lipinski definition) is 6. The molecule has 0 spiro atoms. The van der Waals surface area contributed by atoms with Crippen LogP contribution in [0.15, 0.2) is 23.1 Å². The highest BCUT2D eigenvalue weighted by atomic mass is 16.5. The van der Waals surface area contributed by atoms with Gasteiger partial charge in [-0.1, -0.05) is 51.9 Å². The maximum atomic E-state index is 12.8. The molecule has 0 N–H and O–H groups in total. The summed E-state index contributed by atoms with van der Waals surface area (Å²) in [5, 5.41) is 12.5. The van der Waals surface area contributed by atoms with E-state index >= 15 is 0 Å². The van der Waals surface area contributed by atoms with Crippen molar-refractivity contribution in [2.45, 2.75) is 72.1 Å². The van der Waals surface area contributed by atoms with E-state index in [4.69, 9.17) is 14.2 Å². The van der Waals surface area contributed by atoms with E-state index in [2.05, 4.69) is 6.92 Å². The average molecular weight is 433 g/mol. The van der Waals surface area contributed by atoms with Gasteiger partial charge in [0.25, 0.3) is 0 Å². The predicted octanol–water partition coefficient (Wildman–Crippen LogP) is 5.44. The molecule has 0 aliphatic carbocycles. The fraction of sp³-hybridized carbons (Fsp3) is 0.583. The molecule has 1 aromatic carbocycles. The summed E-state index contributed by atoms with van der Waals surface area (Å²) >= 11 is 0. The van der Waals surface area contributed by atoms with E-state index in [-0.39, 0.29) is 23.1 Å². The third kappa shape index (κ3) is 6.91. The van der Waals surface area contributed by atoms with Gasteiger partial charge in [0.2, 0.25) is 5.43 Å². The summed E-state index contributed by atoms with van der Waals surface area (Å²) < 4.78 is 16.9. The monoisotopic (exact) mass is 432 g/mol. The predicted molar refractivity (Wildman–Crippen MR) is 122 cm³/mol. The highest BCUT2D eigenvalue weighted by molar-refractivity contribution is 5.94. The molecule has 1 heterocycles. The molecule has 0 aliphatic rings. The number of pyridine rings is 1. The molecule has 0 unspecified atom stereocenters. The van der Waals surface area contributed by atoms with E-state index in [1.165, 1.54) is 50.7 Å². The van der Waals surface area contributed by atoms with Gasteiger partial charge in [-0.3, -0.25) is 4.79 Å². The van der Waals surface area contributed by atoms with Crippen molar-refractivity contribution in [1.82, 2.24) is 4.73 Å². The van der Waals surface area contributed by atoms with E-state index in [9.17, 15) is 14.8 Å². The quantitative estimate of drug-likeness (QED) is 0.292. The van der Waals surface area contributed by atoms with Crippen molar-refractivity contribution < 1.29 is 19.0 Å². The van der Waals surface area contributed by atoms with Crippen LogP contribution in [-0.2, 0) is 4.74 Å². The second-order valence-electron chi connectivity index (χ2n) is 7.49. The molecular weight excluding hydrogens is 398 g/mol. The number of carbonyl (C=O) groups is 1. The Bertz CT molecular complexity index is 905. The van der Waals surface area contributed by atoms with Crippen molar-refractivity contribution >= 4 is 16.9 Å². The van der Waals surface area contributed by atoms with Gasteiger partial charge in [0.05, 0.1) is 30.7 Å². The van der Waals surface area contributed by atoms with Crippen molar-refractivity contribution in [2.24, 2.45) is 0 Å². The van der Waals surface area contributed by atoms with E-state index in [1.54, 1.807) is 6.92 Å². The zero-order chi connectivity index (χ0) is 22.6. The minimum absolute atomic E-state index is 0.106. The van der Waals surface area contributed by atoms with Gasteiger partial charge in [-0.2, -0.15) is 0 Å². The van der Waals surface area contributed by atoms with Crippen LogP contribution in [0.3, 0.4) is 0 Å². The number of benzene rings is 1. The molecule has 0 amide bonds. The zero-order valence-electron chi connectivity index (χ0n) is 18.9. The van der Waals surface area contributed by atoms with Crippen molar-refractivity contribution in [1.29, 1.82) is 0 Å². The Hall–Kier alpha value is -2.70. The van der Waals surface area contributed by atoms with Crippen LogP contribution in [0.25, 0.3) is 10.9 Å².